The molecule has 0 spiro atoms. The number of hydrogen-bond donors (Lipinski definition) is 6. The summed E-state index contributed by atoms with van der Waals surface area (Å²) in [7, 11) is -5.13. The lowest BCUT2D eigenvalue weighted by molar-refractivity contribution is -0.220. The zero-order valence-corrected chi connectivity index (χ0v) is 39.8. The normalized spacial score (nSPS) is 22.1. The zero-order valence-electron chi connectivity index (χ0n) is 38.9. The number of carbonyl (C=O) groups excluding carboxylic acids is 2. The van der Waals surface area contributed by atoms with E-state index < -0.39 is 75.7 Å². The summed E-state index contributed by atoms with van der Waals surface area (Å²) >= 11 is 0. The van der Waals surface area contributed by atoms with Gasteiger partial charge in [0, 0.05) is 12.8 Å². The van der Waals surface area contributed by atoms with Crippen LogP contribution in [0.15, 0.2) is 48.6 Å². The second-order valence-corrected chi connectivity index (χ2v) is 18.4. The van der Waals surface area contributed by atoms with Crippen molar-refractivity contribution < 1.29 is 63.1 Å². The molecule has 0 amide bonds. The fourth-order valence-corrected chi connectivity index (χ4v) is 8.15. The number of ether oxygens (including phenoxy) is 2. The Labute approximate surface area is 380 Å². The molecular formula is C49H87O13P. The topological polar surface area (TPSA) is 210 Å². The lowest BCUT2D eigenvalue weighted by Crippen LogP contribution is -2.64. The van der Waals surface area contributed by atoms with E-state index >= 15 is 0 Å². The van der Waals surface area contributed by atoms with E-state index in [1.165, 1.54) is 77.0 Å². The third-order valence-electron chi connectivity index (χ3n) is 11.1. The van der Waals surface area contributed by atoms with Crippen molar-refractivity contribution in [3.8, 4) is 0 Å². The fourth-order valence-electron chi connectivity index (χ4n) is 7.18. The Kier molecular flexibility index (Phi) is 36.4. The Morgan fingerprint density at radius 1 is 0.492 bits per heavy atom. The highest BCUT2D eigenvalue weighted by molar-refractivity contribution is 7.47. The van der Waals surface area contributed by atoms with Crippen molar-refractivity contribution in [2.24, 2.45) is 0 Å². The van der Waals surface area contributed by atoms with E-state index in [9.17, 15) is 44.6 Å². The first-order valence-electron chi connectivity index (χ1n) is 24.4. The molecule has 1 rings (SSSR count). The van der Waals surface area contributed by atoms with E-state index in [1.807, 2.05) is 12.2 Å². The number of esters is 2. The third-order valence-corrected chi connectivity index (χ3v) is 12.1. The molecule has 0 radical (unpaired) electrons. The zero-order chi connectivity index (χ0) is 46.4. The van der Waals surface area contributed by atoms with Crippen LogP contribution in [0.3, 0.4) is 0 Å². The number of carbonyl (C=O) groups is 2. The minimum Gasteiger partial charge on any atom is -0.462 e. The average Bonchev–Trinajstić information content (AvgIpc) is 3.26. The predicted octanol–water partition coefficient (Wildman–Crippen LogP) is 9.95. The van der Waals surface area contributed by atoms with Crippen molar-refractivity contribution in [2.45, 2.75) is 236 Å². The van der Waals surface area contributed by atoms with E-state index in [1.54, 1.807) is 0 Å². The molecule has 8 atom stereocenters. The molecule has 63 heavy (non-hydrogen) atoms. The summed E-state index contributed by atoms with van der Waals surface area (Å²) in [6.07, 6.45) is 33.1. The number of unbranched alkanes of at least 4 members (excludes halogenated alkanes) is 20. The molecular weight excluding hydrogens is 827 g/mol. The Balaban J connectivity index is 2.47. The summed E-state index contributed by atoms with van der Waals surface area (Å²) in [5, 5.41) is 50.2. The van der Waals surface area contributed by atoms with E-state index in [2.05, 4.69) is 50.3 Å². The molecule has 0 aliphatic heterocycles. The van der Waals surface area contributed by atoms with Crippen LogP contribution in [0, 0.1) is 0 Å². The van der Waals surface area contributed by atoms with Crippen molar-refractivity contribution >= 4 is 19.8 Å². The largest absolute Gasteiger partial charge is 0.472 e. The van der Waals surface area contributed by atoms with Gasteiger partial charge < -0.3 is 39.9 Å². The van der Waals surface area contributed by atoms with Crippen LogP contribution in [0.25, 0.3) is 0 Å². The van der Waals surface area contributed by atoms with Crippen molar-refractivity contribution in [1.29, 1.82) is 0 Å². The standard InChI is InChI=1S/C49H87O13P/c1-3-5-7-9-11-13-15-17-19-21-23-25-27-29-31-33-35-37-42(50)59-39-41(40-60-63(57,58)62-49-47(55)45(53)44(52)46(54)48(49)56)61-43(51)38-36-34-32-30-28-26-24-22-20-18-16-14-12-10-8-6-4-2/h11,13,17,19,24,26,30,32,41,44-49,52-56H,3-10,12,14-16,18,20-23,25,27-29,31,33-40H2,1-2H3,(H,57,58)/b13-11+,19-17+,26-24+,32-30+/t41-,44?,45-,46?,47?,48?,49?/m0/s1. The van der Waals surface area contributed by atoms with Gasteiger partial charge in [0.05, 0.1) is 6.61 Å². The van der Waals surface area contributed by atoms with E-state index in [0.29, 0.717) is 19.3 Å². The molecule has 0 saturated heterocycles. The van der Waals surface area contributed by atoms with Gasteiger partial charge in [0.15, 0.2) is 6.10 Å². The lowest BCUT2D eigenvalue weighted by Gasteiger charge is -2.41. The van der Waals surface area contributed by atoms with Crippen LogP contribution in [-0.2, 0) is 32.7 Å². The van der Waals surface area contributed by atoms with Crippen molar-refractivity contribution in [1.82, 2.24) is 0 Å². The minimum atomic E-state index is -5.13. The summed E-state index contributed by atoms with van der Waals surface area (Å²) in [5.41, 5.74) is 0. The minimum absolute atomic E-state index is 0.0304. The van der Waals surface area contributed by atoms with Gasteiger partial charge in [-0.2, -0.15) is 0 Å². The van der Waals surface area contributed by atoms with Crippen LogP contribution in [0.5, 0.6) is 0 Å². The molecule has 0 aromatic heterocycles. The van der Waals surface area contributed by atoms with Gasteiger partial charge in [0.25, 0.3) is 0 Å². The molecule has 6 N–H and O–H groups in total. The van der Waals surface area contributed by atoms with Gasteiger partial charge in [0.2, 0.25) is 0 Å². The number of rotatable bonds is 40. The lowest BCUT2D eigenvalue weighted by atomic mass is 9.85. The molecule has 0 aromatic carbocycles. The highest BCUT2D eigenvalue weighted by atomic mass is 31.2. The molecule has 1 saturated carbocycles. The maximum atomic E-state index is 12.8. The first-order valence-corrected chi connectivity index (χ1v) is 25.9. The molecule has 1 fully saturated rings. The van der Waals surface area contributed by atoms with Crippen LogP contribution >= 0.6 is 7.82 Å². The van der Waals surface area contributed by atoms with E-state index in [0.717, 1.165) is 70.6 Å². The molecule has 6 unspecified atom stereocenters. The number of phosphoric acid groups is 1. The highest BCUT2D eigenvalue weighted by Crippen LogP contribution is 2.47. The molecule has 1 aliphatic carbocycles. The second kappa shape index (κ2) is 39.0. The monoisotopic (exact) mass is 915 g/mol. The summed E-state index contributed by atoms with van der Waals surface area (Å²) in [6, 6.07) is 0. The summed E-state index contributed by atoms with van der Waals surface area (Å²) < 4.78 is 33.5. The number of aliphatic hydroxyl groups is 5. The van der Waals surface area contributed by atoms with E-state index in [-0.39, 0.29) is 12.8 Å². The molecule has 0 aromatic rings. The van der Waals surface area contributed by atoms with Crippen LogP contribution < -0.4 is 0 Å². The maximum absolute atomic E-state index is 12.8. The molecule has 13 nitrogen and oxygen atoms in total. The Hall–Kier alpha value is -2.19. The highest BCUT2D eigenvalue weighted by Gasteiger charge is 2.51. The van der Waals surface area contributed by atoms with Gasteiger partial charge in [-0.05, 0) is 70.6 Å². The van der Waals surface area contributed by atoms with Gasteiger partial charge in [0.1, 0.15) is 43.2 Å². The van der Waals surface area contributed by atoms with Gasteiger partial charge >= 0.3 is 19.8 Å². The number of phosphoric ester groups is 1. The van der Waals surface area contributed by atoms with Crippen molar-refractivity contribution in [3.05, 3.63) is 48.6 Å². The van der Waals surface area contributed by atoms with Gasteiger partial charge in [-0.15, -0.1) is 0 Å². The van der Waals surface area contributed by atoms with Gasteiger partial charge in [-0.3, -0.25) is 18.6 Å². The summed E-state index contributed by atoms with van der Waals surface area (Å²) in [6.45, 7) is 3.24. The van der Waals surface area contributed by atoms with Crippen LogP contribution in [0.2, 0.25) is 0 Å². The second-order valence-electron chi connectivity index (χ2n) is 17.0. The van der Waals surface area contributed by atoms with Crippen LogP contribution in [0.4, 0.5) is 0 Å². The van der Waals surface area contributed by atoms with Gasteiger partial charge in [-0.1, -0.05) is 159 Å². The molecule has 366 valence electrons. The van der Waals surface area contributed by atoms with E-state index in [4.69, 9.17) is 18.5 Å². The SMILES string of the molecule is CCCCC/C=C/C/C=C/CCCCCCCCCC(=O)OC[C@@H](COP(=O)(O)OC1C(O)C(O)C(O)[C@H](O)C1O)OC(=O)CCC/C=C/C/C=C/CCCCCCCCCCC. The fraction of sp³-hybridized carbons (Fsp3) is 0.796. The Bertz CT molecular complexity index is 1290. The predicted molar refractivity (Wildman–Crippen MR) is 249 cm³/mol. The third kappa shape index (κ3) is 31.4. The van der Waals surface area contributed by atoms with Crippen LogP contribution in [-0.4, -0.2) is 98.3 Å². The molecule has 14 heteroatoms. The Morgan fingerprint density at radius 2 is 0.873 bits per heavy atom. The molecule has 0 bridgehead atoms. The van der Waals surface area contributed by atoms with Crippen LogP contribution in [0.1, 0.15) is 194 Å². The number of hydrogen-bond acceptors (Lipinski definition) is 12. The summed E-state index contributed by atoms with van der Waals surface area (Å²) in [4.78, 5) is 35.7. The number of aliphatic hydroxyl groups excluding tert-OH is 5. The smallest absolute Gasteiger partial charge is 0.462 e. The van der Waals surface area contributed by atoms with Gasteiger partial charge in [-0.25, -0.2) is 4.57 Å². The van der Waals surface area contributed by atoms with Crippen molar-refractivity contribution in [3.63, 3.8) is 0 Å². The summed E-state index contributed by atoms with van der Waals surface area (Å²) in [5.74, 6) is -1.16. The first kappa shape index (κ1) is 58.8. The molecule has 1 aliphatic rings. The molecule has 0 heterocycles. The maximum Gasteiger partial charge on any atom is 0.472 e. The van der Waals surface area contributed by atoms with Crippen molar-refractivity contribution in [2.75, 3.05) is 13.2 Å². The Morgan fingerprint density at radius 3 is 1.37 bits per heavy atom. The number of allylic oxidation sites excluding steroid dienone is 8. The first-order chi connectivity index (χ1) is 30.4. The quantitative estimate of drug-likeness (QED) is 0.0147. The average molecular weight is 915 g/mol.